The second kappa shape index (κ2) is 13.9. The number of carbonyl (C=O) groups excluding carboxylic acids is 2. The fraction of sp³-hybridized carbons (Fsp3) is 0.419. The van der Waals surface area contributed by atoms with Crippen LogP contribution in [0.4, 0.5) is 26.3 Å². The van der Waals surface area contributed by atoms with E-state index < -0.39 is 50.4 Å². The van der Waals surface area contributed by atoms with Crippen LogP contribution >= 0.6 is 0 Å². The van der Waals surface area contributed by atoms with E-state index in [1.807, 2.05) is 24.3 Å². The third-order valence-corrected chi connectivity index (χ3v) is 7.93. The van der Waals surface area contributed by atoms with Gasteiger partial charge in [0, 0.05) is 44.9 Å². The van der Waals surface area contributed by atoms with Crippen molar-refractivity contribution in [2.45, 2.75) is 31.5 Å². The fourth-order valence-corrected chi connectivity index (χ4v) is 5.62. The highest BCUT2D eigenvalue weighted by Gasteiger charge is 2.45. The molecule has 0 saturated carbocycles. The van der Waals surface area contributed by atoms with Gasteiger partial charge in [-0.1, -0.05) is 36.4 Å². The Morgan fingerprint density at radius 2 is 1.66 bits per heavy atom. The molecule has 1 saturated heterocycles. The number of aliphatic hydroxyl groups excluding tert-OH is 1. The van der Waals surface area contributed by atoms with Crippen LogP contribution in [0.2, 0.25) is 0 Å². The number of hydrogen-bond acceptors (Lipinski definition) is 8. The highest BCUT2D eigenvalue weighted by atomic mass is 19.4. The smallest absolute Gasteiger partial charge is 0.467 e. The topological polar surface area (TPSA) is 96.7 Å². The molecule has 254 valence electrons. The van der Waals surface area contributed by atoms with E-state index in [1.165, 1.54) is 24.3 Å². The SMILES string of the molecule is CN1CCN(Cc2ccc(-c3c(-c4cccc(OCOC(F)(F)F)c4)cc4n3C(CCO)CN(OC(=O)C(F)(F)F)C4=O)cc2)CC1. The monoisotopic (exact) mass is 670 g/mol. The van der Waals surface area contributed by atoms with Crippen molar-refractivity contribution < 1.29 is 55.3 Å². The van der Waals surface area contributed by atoms with Crippen LogP contribution in [0.1, 0.15) is 28.5 Å². The van der Waals surface area contributed by atoms with Gasteiger partial charge < -0.3 is 24.1 Å². The maximum Gasteiger partial charge on any atom is 0.525 e. The number of fused-ring (bicyclic) bond motifs is 1. The van der Waals surface area contributed by atoms with Gasteiger partial charge in [-0.05, 0) is 48.4 Å². The molecule has 1 aromatic heterocycles. The lowest BCUT2D eigenvalue weighted by atomic mass is 9.99. The number of amides is 1. The molecule has 1 fully saturated rings. The Morgan fingerprint density at radius 3 is 2.30 bits per heavy atom. The molecule has 3 heterocycles. The maximum atomic E-state index is 13.5. The Labute approximate surface area is 265 Å². The predicted octanol–water partition coefficient (Wildman–Crippen LogP) is 4.84. The van der Waals surface area contributed by atoms with Crippen LogP contribution in [-0.2, 0) is 20.9 Å². The molecule has 5 rings (SSSR count). The minimum atomic E-state index is -5.36. The molecule has 0 aliphatic carbocycles. The van der Waals surface area contributed by atoms with E-state index >= 15 is 0 Å². The third-order valence-electron chi connectivity index (χ3n) is 7.93. The summed E-state index contributed by atoms with van der Waals surface area (Å²) in [5, 5.41) is 10.2. The van der Waals surface area contributed by atoms with Crippen molar-refractivity contribution in [3.8, 4) is 28.1 Å². The maximum absolute atomic E-state index is 13.5. The van der Waals surface area contributed by atoms with E-state index in [2.05, 4.69) is 26.4 Å². The number of aromatic nitrogens is 1. The van der Waals surface area contributed by atoms with Crippen molar-refractivity contribution in [1.82, 2.24) is 19.4 Å². The van der Waals surface area contributed by atoms with E-state index in [-0.39, 0.29) is 17.9 Å². The summed E-state index contributed by atoms with van der Waals surface area (Å²) in [4.78, 5) is 34.2. The van der Waals surface area contributed by atoms with Crippen LogP contribution < -0.4 is 4.74 Å². The van der Waals surface area contributed by atoms with Gasteiger partial charge in [0.15, 0.2) is 6.79 Å². The lowest BCUT2D eigenvalue weighted by Gasteiger charge is -2.34. The zero-order valence-corrected chi connectivity index (χ0v) is 25.2. The van der Waals surface area contributed by atoms with E-state index in [0.29, 0.717) is 34.0 Å². The molecule has 0 radical (unpaired) electrons. The molecule has 1 N–H and O–H groups in total. The summed E-state index contributed by atoms with van der Waals surface area (Å²) in [5.74, 6) is -3.58. The largest absolute Gasteiger partial charge is 0.525 e. The summed E-state index contributed by atoms with van der Waals surface area (Å²) in [6, 6.07) is 14.1. The Balaban J connectivity index is 1.55. The van der Waals surface area contributed by atoms with Crippen LogP contribution in [0.3, 0.4) is 0 Å². The summed E-state index contributed by atoms with van der Waals surface area (Å²) >= 11 is 0. The van der Waals surface area contributed by atoms with Crippen molar-refractivity contribution in [3.63, 3.8) is 0 Å². The number of alkyl halides is 6. The highest BCUT2D eigenvalue weighted by molar-refractivity contribution is 5.99. The number of hydroxylamine groups is 2. The lowest BCUT2D eigenvalue weighted by molar-refractivity contribution is -0.341. The molecule has 1 amide bonds. The van der Waals surface area contributed by atoms with Crippen LogP contribution in [-0.4, -0.2) is 102 Å². The van der Waals surface area contributed by atoms with E-state index in [9.17, 15) is 41.0 Å². The molecule has 0 spiro atoms. The normalized spacial score (nSPS) is 17.9. The van der Waals surface area contributed by atoms with Gasteiger partial charge in [0.2, 0.25) is 0 Å². The van der Waals surface area contributed by atoms with Gasteiger partial charge in [0.25, 0.3) is 0 Å². The zero-order chi connectivity index (χ0) is 33.9. The first kappa shape index (κ1) is 34.2. The summed E-state index contributed by atoms with van der Waals surface area (Å²) in [6.45, 7) is 2.41. The summed E-state index contributed by atoms with van der Waals surface area (Å²) in [6.07, 6.45) is -10.3. The number of piperazine rings is 1. The van der Waals surface area contributed by atoms with Crippen LogP contribution in [0, 0.1) is 0 Å². The van der Waals surface area contributed by atoms with Crippen LogP contribution in [0.15, 0.2) is 54.6 Å². The van der Waals surface area contributed by atoms with E-state index in [4.69, 9.17) is 4.74 Å². The predicted molar refractivity (Wildman–Crippen MR) is 155 cm³/mol. The molecule has 2 aliphatic heterocycles. The zero-order valence-electron chi connectivity index (χ0n) is 25.2. The standard InChI is InChI=1S/C31H32F6N4O6/c1-38-10-12-39(13-11-38)17-20-5-7-21(8-6-20)27-25(22-3-2-4-24(15-22)45-19-46-31(35,36)37)16-26-28(43)40(47-29(44)30(32,33)34)18-23(9-14-42)41(26)27/h2-8,15-16,23,42H,9-14,17-19H2,1H3. The number of nitrogens with zero attached hydrogens (tertiary/aromatic N) is 4. The van der Waals surface area contributed by atoms with Gasteiger partial charge in [-0.25, -0.2) is 4.79 Å². The van der Waals surface area contributed by atoms with Crippen LogP contribution in [0.5, 0.6) is 5.75 Å². The van der Waals surface area contributed by atoms with E-state index in [0.717, 1.165) is 31.7 Å². The van der Waals surface area contributed by atoms with Gasteiger partial charge in [-0.15, -0.1) is 13.2 Å². The van der Waals surface area contributed by atoms with Gasteiger partial charge in [0.1, 0.15) is 11.4 Å². The molecular formula is C31H32F6N4O6. The molecule has 1 unspecified atom stereocenters. The first-order valence-electron chi connectivity index (χ1n) is 14.6. The number of likely N-dealkylation sites (N-methyl/N-ethyl adjacent to an activating group) is 1. The van der Waals surface area contributed by atoms with Gasteiger partial charge in [-0.3, -0.25) is 14.4 Å². The molecule has 10 nitrogen and oxygen atoms in total. The van der Waals surface area contributed by atoms with Crippen LogP contribution in [0.25, 0.3) is 22.4 Å². The average molecular weight is 671 g/mol. The summed E-state index contributed by atoms with van der Waals surface area (Å²) in [5.41, 5.74) is 2.79. The molecule has 3 aromatic rings. The number of ether oxygens (including phenoxy) is 2. The Kier molecular flexibility index (Phi) is 10.1. The fourth-order valence-electron chi connectivity index (χ4n) is 5.62. The number of rotatable bonds is 10. The first-order chi connectivity index (χ1) is 22.2. The summed E-state index contributed by atoms with van der Waals surface area (Å²) in [7, 11) is 2.06. The Bertz CT molecular complexity index is 1570. The van der Waals surface area contributed by atoms with Crippen molar-refractivity contribution in [2.24, 2.45) is 0 Å². The van der Waals surface area contributed by atoms with Crippen molar-refractivity contribution in [2.75, 3.05) is 53.2 Å². The summed E-state index contributed by atoms with van der Waals surface area (Å²) < 4.78 is 87.0. The van der Waals surface area contributed by atoms with E-state index in [1.54, 1.807) is 10.6 Å². The number of hydrogen-bond donors (Lipinski definition) is 1. The molecule has 0 bridgehead atoms. The highest BCUT2D eigenvalue weighted by Crippen LogP contribution is 2.42. The third kappa shape index (κ3) is 8.25. The molecular weight excluding hydrogens is 638 g/mol. The molecule has 2 aliphatic rings. The molecule has 47 heavy (non-hydrogen) atoms. The minimum Gasteiger partial charge on any atom is -0.467 e. The number of benzene rings is 2. The second-order valence-corrected chi connectivity index (χ2v) is 11.2. The van der Waals surface area contributed by atoms with Crippen molar-refractivity contribution >= 4 is 11.9 Å². The van der Waals surface area contributed by atoms with Gasteiger partial charge >= 0.3 is 24.4 Å². The van der Waals surface area contributed by atoms with Crippen molar-refractivity contribution in [1.29, 1.82) is 0 Å². The average Bonchev–Trinajstić information content (AvgIpc) is 3.41. The quantitative estimate of drug-likeness (QED) is 0.242. The lowest BCUT2D eigenvalue weighted by Crippen LogP contribution is -2.46. The Hall–Kier alpha value is -4.12. The Morgan fingerprint density at radius 1 is 0.957 bits per heavy atom. The number of halogens is 6. The molecule has 2 aromatic carbocycles. The van der Waals surface area contributed by atoms with Crippen molar-refractivity contribution in [3.05, 3.63) is 65.9 Å². The molecule has 16 heteroatoms. The van der Waals surface area contributed by atoms with Gasteiger partial charge in [-0.2, -0.15) is 18.2 Å². The first-order valence-corrected chi connectivity index (χ1v) is 14.6. The van der Waals surface area contributed by atoms with Gasteiger partial charge in [0.05, 0.1) is 18.3 Å². The second-order valence-electron chi connectivity index (χ2n) is 11.2. The molecule has 1 atom stereocenters. The minimum absolute atomic E-state index is 0.0130. The number of carbonyl (C=O) groups is 2. The number of aliphatic hydroxyl groups is 1.